The first-order chi connectivity index (χ1) is 12.7. The number of para-hydroxylation sites is 1. The van der Waals surface area contributed by atoms with Gasteiger partial charge < -0.3 is 18.9 Å². The lowest BCUT2D eigenvalue weighted by Gasteiger charge is -2.35. The molecule has 0 N–H and O–H groups in total. The predicted octanol–water partition coefficient (Wildman–Crippen LogP) is 3.38. The number of rotatable bonds is 3. The molecule has 3 unspecified atom stereocenters. The summed E-state index contributed by atoms with van der Waals surface area (Å²) in [5.74, 6) is -0.173. The number of ether oxygens (including phenoxy) is 2. The van der Waals surface area contributed by atoms with E-state index in [2.05, 4.69) is 22.6 Å². The van der Waals surface area contributed by atoms with Crippen LogP contribution in [0.25, 0.3) is 10.9 Å². The first-order valence-corrected chi connectivity index (χ1v) is 9.81. The van der Waals surface area contributed by atoms with Crippen LogP contribution < -0.4 is 0 Å². The molecule has 3 saturated heterocycles. The second kappa shape index (κ2) is 6.39. The van der Waals surface area contributed by atoms with E-state index in [0.29, 0.717) is 30.3 Å². The highest BCUT2D eigenvalue weighted by atomic mass is 16.5. The highest BCUT2D eigenvalue weighted by Gasteiger charge is 2.40. The van der Waals surface area contributed by atoms with Crippen molar-refractivity contribution in [2.75, 3.05) is 20.3 Å². The predicted molar refractivity (Wildman–Crippen MR) is 99.4 cm³/mol. The van der Waals surface area contributed by atoms with Crippen LogP contribution in [0, 0.1) is 0 Å². The summed E-state index contributed by atoms with van der Waals surface area (Å²) in [5, 5.41) is 0.986. The second-order valence-electron chi connectivity index (χ2n) is 8.03. The number of carbonyl (C=O) groups excluding carboxylic acids is 1. The number of carbonyl (C=O) groups is 1. The minimum Gasteiger partial charge on any atom is -0.459 e. The monoisotopic (exact) mass is 354 g/mol. The molecule has 4 heterocycles. The smallest absolute Gasteiger partial charge is 0.340 e. The van der Waals surface area contributed by atoms with Crippen LogP contribution >= 0.6 is 0 Å². The fourth-order valence-electron chi connectivity index (χ4n) is 5.08. The van der Waals surface area contributed by atoms with Crippen molar-refractivity contribution in [1.29, 1.82) is 0 Å². The summed E-state index contributed by atoms with van der Waals surface area (Å²) in [6.07, 6.45) is 7.42. The van der Waals surface area contributed by atoms with Crippen molar-refractivity contribution < 1.29 is 14.3 Å². The van der Waals surface area contributed by atoms with E-state index in [1.807, 2.05) is 24.4 Å². The summed E-state index contributed by atoms with van der Waals surface area (Å²) in [5.41, 5.74) is 1.79. The standard InChI is InChI=1S/C21H26N2O3/c1-22-14-6-7-15(22)11-17(10-14)26-21(24)19-12-23(16-8-9-25-13-16)20-5-3-2-4-18(19)20/h2-5,12,14-17H,6-11,13H2,1H3. The lowest BCUT2D eigenvalue weighted by atomic mass is 10.0. The zero-order valence-electron chi connectivity index (χ0n) is 15.3. The highest BCUT2D eigenvalue weighted by Crippen LogP contribution is 2.36. The maximum absolute atomic E-state index is 13.0. The Balaban J connectivity index is 1.41. The summed E-state index contributed by atoms with van der Waals surface area (Å²) >= 11 is 0. The molecule has 5 heteroatoms. The third-order valence-corrected chi connectivity index (χ3v) is 6.59. The summed E-state index contributed by atoms with van der Waals surface area (Å²) in [7, 11) is 2.21. The third kappa shape index (κ3) is 2.65. The Morgan fingerprint density at radius 1 is 1.12 bits per heavy atom. The van der Waals surface area contributed by atoms with Gasteiger partial charge in [-0.2, -0.15) is 0 Å². The fraction of sp³-hybridized carbons (Fsp3) is 0.571. The van der Waals surface area contributed by atoms with Gasteiger partial charge in [0.15, 0.2) is 0 Å². The fourth-order valence-corrected chi connectivity index (χ4v) is 5.08. The van der Waals surface area contributed by atoms with Gasteiger partial charge in [0.1, 0.15) is 6.10 Å². The van der Waals surface area contributed by atoms with Crippen molar-refractivity contribution in [2.24, 2.45) is 0 Å². The van der Waals surface area contributed by atoms with Crippen molar-refractivity contribution in [3.05, 3.63) is 36.0 Å². The number of benzene rings is 1. The third-order valence-electron chi connectivity index (χ3n) is 6.59. The number of piperidine rings is 1. The molecule has 5 nitrogen and oxygen atoms in total. The largest absolute Gasteiger partial charge is 0.459 e. The first kappa shape index (κ1) is 16.3. The molecule has 5 rings (SSSR count). The molecule has 2 aromatic rings. The lowest BCUT2D eigenvalue weighted by Crippen LogP contribution is -2.43. The van der Waals surface area contributed by atoms with Crippen molar-refractivity contribution in [2.45, 2.75) is 56.3 Å². The van der Waals surface area contributed by atoms with Gasteiger partial charge in [-0.1, -0.05) is 18.2 Å². The van der Waals surface area contributed by atoms with Crippen LogP contribution in [0.5, 0.6) is 0 Å². The molecule has 0 saturated carbocycles. The van der Waals surface area contributed by atoms with Crippen LogP contribution in [-0.2, 0) is 9.47 Å². The van der Waals surface area contributed by atoms with E-state index < -0.39 is 0 Å². The van der Waals surface area contributed by atoms with E-state index in [1.165, 1.54) is 12.8 Å². The van der Waals surface area contributed by atoms with Gasteiger partial charge in [-0.3, -0.25) is 0 Å². The molecule has 138 valence electrons. The Kier molecular flexibility index (Phi) is 4.02. The Morgan fingerprint density at radius 3 is 2.62 bits per heavy atom. The Hall–Kier alpha value is -1.85. The molecule has 3 aliphatic heterocycles. The molecular weight excluding hydrogens is 328 g/mol. The molecule has 0 amide bonds. The molecular formula is C21H26N2O3. The lowest BCUT2D eigenvalue weighted by molar-refractivity contribution is -0.000291. The maximum Gasteiger partial charge on any atom is 0.340 e. The average Bonchev–Trinajstić information content (AvgIpc) is 3.33. The number of hydrogen-bond acceptors (Lipinski definition) is 4. The zero-order chi connectivity index (χ0) is 17.7. The van der Waals surface area contributed by atoms with Gasteiger partial charge in [0.2, 0.25) is 0 Å². The number of nitrogens with zero attached hydrogens (tertiary/aromatic N) is 2. The molecule has 0 radical (unpaired) electrons. The Labute approximate surface area is 153 Å². The molecule has 3 atom stereocenters. The van der Waals surface area contributed by atoms with E-state index in [9.17, 15) is 4.79 Å². The SMILES string of the molecule is CN1C2CCC1CC(OC(=O)c1cn(C3CCOC3)c3ccccc13)C2. The molecule has 2 bridgehead atoms. The van der Waals surface area contributed by atoms with Crippen molar-refractivity contribution in [3.8, 4) is 0 Å². The molecule has 26 heavy (non-hydrogen) atoms. The van der Waals surface area contributed by atoms with Gasteiger partial charge in [-0.05, 0) is 32.4 Å². The van der Waals surface area contributed by atoms with Gasteiger partial charge in [-0.15, -0.1) is 0 Å². The molecule has 0 spiro atoms. The normalized spacial score (nSPS) is 31.6. The Bertz CT molecular complexity index is 810. The summed E-state index contributed by atoms with van der Waals surface area (Å²) < 4.78 is 13.7. The Morgan fingerprint density at radius 2 is 1.88 bits per heavy atom. The quantitative estimate of drug-likeness (QED) is 0.793. The van der Waals surface area contributed by atoms with Crippen LogP contribution in [0.15, 0.2) is 30.5 Å². The molecule has 0 aliphatic carbocycles. The summed E-state index contributed by atoms with van der Waals surface area (Å²) in [6.45, 7) is 1.50. The van der Waals surface area contributed by atoms with Crippen molar-refractivity contribution >= 4 is 16.9 Å². The molecule has 1 aromatic carbocycles. The van der Waals surface area contributed by atoms with Crippen LogP contribution in [-0.4, -0.2) is 53.9 Å². The van der Waals surface area contributed by atoms with Crippen molar-refractivity contribution in [1.82, 2.24) is 9.47 Å². The van der Waals surface area contributed by atoms with Crippen LogP contribution in [0.2, 0.25) is 0 Å². The van der Waals surface area contributed by atoms with Crippen LogP contribution in [0.3, 0.4) is 0 Å². The van der Waals surface area contributed by atoms with Gasteiger partial charge in [0.25, 0.3) is 0 Å². The van der Waals surface area contributed by atoms with Crippen molar-refractivity contribution in [3.63, 3.8) is 0 Å². The zero-order valence-corrected chi connectivity index (χ0v) is 15.3. The number of hydrogen-bond donors (Lipinski definition) is 0. The summed E-state index contributed by atoms with van der Waals surface area (Å²) in [6, 6.07) is 9.58. The second-order valence-corrected chi connectivity index (χ2v) is 8.03. The summed E-state index contributed by atoms with van der Waals surface area (Å²) in [4.78, 5) is 15.5. The first-order valence-electron chi connectivity index (χ1n) is 9.81. The van der Waals surface area contributed by atoms with E-state index in [0.717, 1.165) is 36.8 Å². The maximum atomic E-state index is 13.0. The minimum absolute atomic E-state index is 0.0492. The number of aromatic nitrogens is 1. The van der Waals surface area contributed by atoms with Gasteiger partial charge in [-0.25, -0.2) is 4.79 Å². The van der Waals surface area contributed by atoms with Gasteiger partial charge >= 0.3 is 5.97 Å². The number of fused-ring (bicyclic) bond motifs is 3. The molecule has 3 fully saturated rings. The average molecular weight is 354 g/mol. The van der Waals surface area contributed by atoms with E-state index in [4.69, 9.17) is 9.47 Å². The van der Waals surface area contributed by atoms with E-state index >= 15 is 0 Å². The topological polar surface area (TPSA) is 43.7 Å². The van der Waals surface area contributed by atoms with E-state index in [1.54, 1.807) is 0 Å². The minimum atomic E-state index is -0.173. The van der Waals surface area contributed by atoms with E-state index in [-0.39, 0.29) is 12.1 Å². The molecule has 1 aromatic heterocycles. The highest BCUT2D eigenvalue weighted by molar-refractivity contribution is 6.04. The number of esters is 1. The van der Waals surface area contributed by atoms with Gasteiger partial charge in [0.05, 0.1) is 18.2 Å². The van der Waals surface area contributed by atoms with Crippen LogP contribution in [0.4, 0.5) is 0 Å². The molecule has 3 aliphatic rings. The van der Waals surface area contributed by atoms with Gasteiger partial charge in [0, 0.05) is 48.6 Å². The van der Waals surface area contributed by atoms with Crippen LogP contribution in [0.1, 0.15) is 48.5 Å².